The first-order valence-electron chi connectivity index (χ1n) is 9.40. The smallest absolute Gasteiger partial charge is 0.0105 e. The van der Waals surface area contributed by atoms with Crippen LogP contribution in [0.15, 0.2) is 67.3 Å². The third-order valence-electron chi connectivity index (χ3n) is 4.93. The molecule has 0 nitrogen and oxygen atoms in total. The number of fused-ring (bicyclic) bond motifs is 3. The topological polar surface area (TPSA) is 0 Å². The van der Waals surface area contributed by atoms with E-state index >= 15 is 0 Å². The van der Waals surface area contributed by atoms with E-state index in [1.807, 2.05) is 6.08 Å². The summed E-state index contributed by atoms with van der Waals surface area (Å²) >= 11 is 0. The summed E-state index contributed by atoms with van der Waals surface area (Å²) in [7, 11) is 0. The maximum absolute atomic E-state index is 3.78. The van der Waals surface area contributed by atoms with Gasteiger partial charge in [0.25, 0.3) is 0 Å². The molecule has 0 aliphatic carbocycles. The molecule has 0 radical (unpaired) electrons. The van der Waals surface area contributed by atoms with Gasteiger partial charge in [-0.15, -0.1) is 6.58 Å². The monoisotopic (exact) mass is 316 g/mol. The lowest BCUT2D eigenvalue weighted by Crippen LogP contribution is -1.87. The average molecular weight is 316 g/mol. The van der Waals surface area contributed by atoms with Crippen LogP contribution in [0.3, 0.4) is 0 Å². The Labute approximate surface area is 146 Å². The SMILES string of the molecule is C=CCCCCCCCCc1ccc2c(ccc3ccccc32)c1. The van der Waals surface area contributed by atoms with Crippen LogP contribution in [-0.4, -0.2) is 0 Å². The van der Waals surface area contributed by atoms with Gasteiger partial charge in [-0.3, -0.25) is 0 Å². The standard InChI is InChI=1S/C24H28/c1-2-3-4-5-6-7-8-9-12-20-15-18-24-22(19-20)17-16-21-13-10-11-14-23(21)24/h2,10-11,13-19H,1,3-9,12H2. The molecule has 124 valence electrons. The number of benzene rings is 3. The molecule has 3 aromatic carbocycles. The van der Waals surface area contributed by atoms with E-state index in [0.717, 1.165) is 0 Å². The van der Waals surface area contributed by atoms with E-state index in [1.54, 1.807) is 0 Å². The lowest BCUT2D eigenvalue weighted by atomic mass is 9.98. The highest BCUT2D eigenvalue weighted by Gasteiger charge is 2.01. The van der Waals surface area contributed by atoms with Crippen LogP contribution in [0, 0.1) is 0 Å². The predicted molar refractivity (Wildman–Crippen MR) is 108 cm³/mol. The van der Waals surface area contributed by atoms with Gasteiger partial charge < -0.3 is 0 Å². The first kappa shape index (κ1) is 16.8. The van der Waals surface area contributed by atoms with Gasteiger partial charge in [0.2, 0.25) is 0 Å². The lowest BCUT2D eigenvalue weighted by Gasteiger charge is -2.07. The number of hydrogen-bond donors (Lipinski definition) is 0. The third-order valence-corrected chi connectivity index (χ3v) is 4.93. The molecule has 0 spiro atoms. The molecule has 0 heteroatoms. The quantitative estimate of drug-likeness (QED) is 0.218. The van der Waals surface area contributed by atoms with Crippen LogP contribution in [0.2, 0.25) is 0 Å². The normalized spacial score (nSPS) is 11.2. The fourth-order valence-electron chi connectivity index (χ4n) is 3.54. The van der Waals surface area contributed by atoms with Crippen molar-refractivity contribution >= 4 is 21.5 Å². The minimum atomic E-state index is 1.17. The molecule has 0 aliphatic rings. The molecule has 24 heavy (non-hydrogen) atoms. The Morgan fingerprint density at radius 1 is 0.667 bits per heavy atom. The summed E-state index contributed by atoms with van der Waals surface area (Å²) in [6.45, 7) is 3.78. The number of unbranched alkanes of at least 4 members (excludes halogenated alkanes) is 6. The second-order valence-corrected chi connectivity index (χ2v) is 6.79. The number of rotatable bonds is 9. The van der Waals surface area contributed by atoms with Crippen LogP contribution in [0.1, 0.15) is 50.5 Å². The van der Waals surface area contributed by atoms with Crippen LogP contribution in [0.25, 0.3) is 21.5 Å². The van der Waals surface area contributed by atoms with Crippen molar-refractivity contribution < 1.29 is 0 Å². The lowest BCUT2D eigenvalue weighted by molar-refractivity contribution is 0.597. The highest BCUT2D eigenvalue weighted by atomic mass is 14.1. The van der Waals surface area contributed by atoms with Gasteiger partial charge >= 0.3 is 0 Å². The first-order valence-corrected chi connectivity index (χ1v) is 9.40. The second kappa shape index (κ2) is 8.68. The maximum atomic E-state index is 3.78. The minimum absolute atomic E-state index is 1.17. The number of aryl methyl sites for hydroxylation is 1. The molecule has 3 rings (SSSR count). The molecule has 0 amide bonds. The molecular weight excluding hydrogens is 288 g/mol. The maximum Gasteiger partial charge on any atom is -0.0105 e. The third kappa shape index (κ3) is 4.26. The summed E-state index contributed by atoms with van der Waals surface area (Å²) < 4.78 is 0. The number of hydrogen-bond acceptors (Lipinski definition) is 0. The predicted octanol–water partition coefficient (Wildman–Crippen LogP) is 7.45. The van der Waals surface area contributed by atoms with Crippen molar-refractivity contribution in [3.63, 3.8) is 0 Å². The first-order chi connectivity index (χ1) is 11.9. The zero-order valence-electron chi connectivity index (χ0n) is 14.6. The van der Waals surface area contributed by atoms with Gasteiger partial charge in [-0.25, -0.2) is 0 Å². The van der Waals surface area contributed by atoms with Crippen molar-refractivity contribution in [2.24, 2.45) is 0 Å². The van der Waals surface area contributed by atoms with Gasteiger partial charge in [0.05, 0.1) is 0 Å². The Morgan fingerprint density at radius 2 is 1.38 bits per heavy atom. The van der Waals surface area contributed by atoms with Gasteiger partial charge in [0.1, 0.15) is 0 Å². The van der Waals surface area contributed by atoms with Crippen LogP contribution >= 0.6 is 0 Å². The van der Waals surface area contributed by atoms with E-state index in [1.165, 1.54) is 78.5 Å². The Kier molecular flexibility index (Phi) is 6.07. The fourth-order valence-corrected chi connectivity index (χ4v) is 3.54. The molecule has 0 aromatic heterocycles. The van der Waals surface area contributed by atoms with Gasteiger partial charge in [-0.2, -0.15) is 0 Å². The molecule has 0 fully saturated rings. The van der Waals surface area contributed by atoms with Crippen LogP contribution in [-0.2, 0) is 6.42 Å². The summed E-state index contributed by atoms with van der Waals surface area (Å²) in [5, 5.41) is 5.44. The van der Waals surface area contributed by atoms with Crippen molar-refractivity contribution in [1.29, 1.82) is 0 Å². The Balaban J connectivity index is 1.54. The van der Waals surface area contributed by atoms with Crippen LogP contribution < -0.4 is 0 Å². The van der Waals surface area contributed by atoms with E-state index in [2.05, 4.69) is 61.2 Å². The zero-order chi connectivity index (χ0) is 16.6. The molecular formula is C24H28. The van der Waals surface area contributed by atoms with Crippen LogP contribution in [0.4, 0.5) is 0 Å². The van der Waals surface area contributed by atoms with Gasteiger partial charge in [-0.05, 0) is 52.8 Å². The fraction of sp³-hybridized carbons (Fsp3) is 0.333. The van der Waals surface area contributed by atoms with Gasteiger partial charge in [0.15, 0.2) is 0 Å². The molecule has 0 bridgehead atoms. The Morgan fingerprint density at radius 3 is 2.25 bits per heavy atom. The van der Waals surface area contributed by atoms with Crippen molar-refractivity contribution in [3.8, 4) is 0 Å². The summed E-state index contributed by atoms with van der Waals surface area (Å²) in [6, 6.07) is 20.2. The summed E-state index contributed by atoms with van der Waals surface area (Å²) in [6.07, 6.45) is 12.5. The van der Waals surface area contributed by atoms with E-state index in [9.17, 15) is 0 Å². The van der Waals surface area contributed by atoms with Crippen molar-refractivity contribution in [2.45, 2.75) is 51.4 Å². The van der Waals surface area contributed by atoms with Crippen molar-refractivity contribution in [1.82, 2.24) is 0 Å². The minimum Gasteiger partial charge on any atom is -0.103 e. The Bertz CT molecular complexity index is 797. The molecule has 0 atom stereocenters. The van der Waals surface area contributed by atoms with Gasteiger partial charge in [0, 0.05) is 0 Å². The summed E-state index contributed by atoms with van der Waals surface area (Å²) in [5.74, 6) is 0. The van der Waals surface area contributed by atoms with E-state index in [4.69, 9.17) is 0 Å². The zero-order valence-corrected chi connectivity index (χ0v) is 14.6. The molecule has 0 N–H and O–H groups in total. The molecule has 0 heterocycles. The van der Waals surface area contributed by atoms with E-state index in [-0.39, 0.29) is 0 Å². The highest BCUT2D eigenvalue weighted by molar-refractivity contribution is 6.07. The van der Waals surface area contributed by atoms with Crippen molar-refractivity contribution in [3.05, 3.63) is 72.8 Å². The summed E-state index contributed by atoms with van der Waals surface area (Å²) in [4.78, 5) is 0. The van der Waals surface area contributed by atoms with E-state index < -0.39 is 0 Å². The largest absolute Gasteiger partial charge is 0.103 e. The molecule has 0 saturated heterocycles. The Hall–Kier alpha value is -2.08. The average Bonchev–Trinajstić information content (AvgIpc) is 2.63. The van der Waals surface area contributed by atoms with Crippen molar-refractivity contribution in [2.75, 3.05) is 0 Å². The molecule has 3 aromatic rings. The van der Waals surface area contributed by atoms with Gasteiger partial charge in [-0.1, -0.05) is 86.4 Å². The number of allylic oxidation sites excluding steroid dienone is 1. The summed E-state index contributed by atoms with van der Waals surface area (Å²) in [5.41, 5.74) is 1.48. The second-order valence-electron chi connectivity index (χ2n) is 6.79. The highest BCUT2D eigenvalue weighted by Crippen LogP contribution is 2.26. The van der Waals surface area contributed by atoms with Crippen LogP contribution in [0.5, 0.6) is 0 Å². The molecule has 0 aliphatic heterocycles. The van der Waals surface area contributed by atoms with E-state index in [0.29, 0.717) is 0 Å². The molecule has 0 saturated carbocycles. The molecule has 0 unspecified atom stereocenters.